The zero-order chi connectivity index (χ0) is 8.65. The van der Waals surface area contributed by atoms with E-state index in [1.807, 2.05) is 20.8 Å². The van der Waals surface area contributed by atoms with Gasteiger partial charge in [-0.05, 0) is 0 Å². The summed E-state index contributed by atoms with van der Waals surface area (Å²) in [5.41, 5.74) is 0.277. The summed E-state index contributed by atoms with van der Waals surface area (Å²) < 4.78 is 4.99. The van der Waals surface area contributed by atoms with Crippen molar-refractivity contribution in [2.24, 2.45) is 5.41 Å². The Hall–Kier alpha value is -0.990. The van der Waals surface area contributed by atoms with E-state index in [1.165, 1.54) is 0 Å². The Morgan fingerprint density at radius 1 is 1.55 bits per heavy atom. The summed E-state index contributed by atoms with van der Waals surface area (Å²) in [4.78, 5) is 10.8. The van der Waals surface area contributed by atoms with Gasteiger partial charge in [0.2, 0.25) is 0 Å². The molecule has 1 aliphatic rings. The molecule has 1 saturated heterocycles. The molecule has 1 atom stereocenters. The Morgan fingerprint density at radius 2 is 2.09 bits per heavy atom. The molecule has 0 aromatic rings. The van der Waals surface area contributed by atoms with Crippen molar-refractivity contribution in [3.8, 4) is 0 Å². The minimum atomic E-state index is -0.343. The highest BCUT2D eigenvalue weighted by molar-refractivity contribution is 5.89. The van der Waals surface area contributed by atoms with Crippen LogP contribution in [0.4, 0.5) is 0 Å². The first kappa shape index (κ1) is 8.11. The number of cyclic esters (lactones) is 1. The average Bonchev–Trinajstić information content (AvgIpc) is 2.11. The SMILES string of the molecule is C=C1N[C@@H](C(C)(C)C)OC1=O. The molecule has 1 heterocycles. The van der Waals surface area contributed by atoms with Crippen molar-refractivity contribution >= 4 is 5.97 Å². The zero-order valence-electron chi connectivity index (χ0n) is 7.10. The van der Waals surface area contributed by atoms with Gasteiger partial charge in [-0.3, -0.25) is 0 Å². The van der Waals surface area contributed by atoms with Crippen LogP contribution in [0.1, 0.15) is 20.8 Å². The second-order valence-electron chi connectivity index (χ2n) is 3.77. The van der Waals surface area contributed by atoms with Crippen LogP contribution in [0.5, 0.6) is 0 Å². The number of carbonyl (C=O) groups excluding carboxylic acids is 1. The molecule has 0 aromatic carbocycles. The molecule has 1 rings (SSSR count). The first-order valence-corrected chi connectivity index (χ1v) is 3.57. The second kappa shape index (κ2) is 2.26. The van der Waals surface area contributed by atoms with Gasteiger partial charge in [-0.15, -0.1) is 0 Å². The van der Waals surface area contributed by atoms with Crippen molar-refractivity contribution in [1.29, 1.82) is 0 Å². The number of nitrogens with one attached hydrogen (secondary N) is 1. The fraction of sp³-hybridized carbons (Fsp3) is 0.625. The lowest BCUT2D eigenvalue weighted by Crippen LogP contribution is -2.35. The predicted octanol–water partition coefficient (Wildman–Crippen LogP) is 1.02. The maximum atomic E-state index is 10.8. The van der Waals surface area contributed by atoms with Crippen LogP contribution in [0, 0.1) is 5.41 Å². The van der Waals surface area contributed by atoms with E-state index in [9.17, 15) is 4.79 Å². The van der Waals surface area contributed by atoms with Gasteiger partial charge in [0.05, 0.1) is 0 Å². The number of esters is 1. The van der Waals surface area contributed by atoms with E-state index in [0.29, 0.717) is 5.70 Å². The van der Waals surface area contributed by atoms with Crippen LogP contribution in [-0.4, -0.2) is 12.2 Å². The molecule has 1 N–H and O–H groups in total. The predicted molar refractivity (Wildman–Crippen MR) is 41.6 cm³/mol. The molecule has 0 amide bonds. The standard InChI is InChI=1S/C8H13NO2/c1-5-6(10)11-7(9-5)8(2,3)4/h7,9H,1H2,2-4H3/t7-/m1/s1. The molecule has 0 aliphatic carbocycles. The van der Waals surface area contributed by atoms with Crippen molar-refractivity contribution in [2.75, 3.05) is 0 Å². The normalized spacial score (nSPS) is 24.8. The van der Waals surface area contributed by atoms with E-state index < -0.39 is 0 Å². The summed E-state index contributed by atoms with van der Waals surface area (Å²) >= 11 is 0. The van der Waals surface area contributed by atoms with Crippen LogP contribution in [0.3, 0.4) is 0 Å². The molecule has 0 radical (unpaired) electrons. The molecule has 3 nitrogen and oxygen atoms in total. The Morgan fingerprint density at radius 3 is 2.27 bits per heavy atom. The van der Waals surface area contributed by atoms with Crippen molar-refractivity contribution in [3.05, 3.63) is 12.3 Å². The van der Waals surface area contributed by atoms with E-state index in [2.05, 4.69) is 11.9 Å². The van der Waals surface area contributed by atoms with Gasteiger partial charge in [0.15, 0.2) is 6.23 Å². The number of hydrogen-bond acceptors (Lipinski definition) is 3. The molecule has 0 bridgehead atoms. The Kier molecular flexibility index (Phi) is 1.66. The van der Waals surface area contributed by atoms with Crippen LogP contribution < -0.4 is 5.32 Å². The van der Waals surface area contributed by atoms with E-state index in [4.69, 9.17) is 4.74 Å². The number of rotatable bonds is 0. The third-order valence-corrected chi connectivity index (χ3v) is 1.56. The molecule has 1 fully saturated rings. The molecule has 0 saturated carbocycles. The molecule has 11 heavy (non-hydrogen) atoms. The van der Waals surface area contributed by atoms with Gasteiger partial charge in [0, 0.05) is 5.41 Å². The maximum absolute atomic E-state index is 10.8. The molecule has 0 unspecified atom stereocenters. The first-order chi connectivity index (χ1) is 4.91. The smallest absolute Gasteiger partial charge is 0.355 e. The summed E-state index contributed by atoms with van der Waals surface area (Å²) in [5.74, 6) is -0.343. The topological polar surface area (TPSA) is 38.3 Å². The van der Waals surface area contributed by atoms with Crippen molar-refractivity contribution in [2.45, 2.75) is 27.0 Å². The van der Waals surface area contributed by atoms with Crippen LogP contribution in [-0.2, 0) is 9.53 Å². The van der Waals surface area contributed by atoms with E-state index in [1.54, 1.807) is 0 Å². The van der Waals surface area contributed by atoms with Crippen molar-refractivity contribution < 1.29 is 9.53 Å². The van der Waals surface area contributed by atoms with E-state index in [0.717, 1.165) is 0 Å². The van der Waals surface area contributed by atoms with Crippen LogP contribution in [0.2, 0.25) is 0 Å². The molecule has 0 aromatic heterocycles. The minimum Gasteiger partial charge on any atom is -0.437 e. The van der Waals surface area contributed by atoms with Gasteiger partial charge in [-0.25, -0.2) is 4.79 Å². The fourth-order valence-corrected chi connectivity index (χ4v) is 0.818. The number of ether oxygens (including phenoxy) is 1. The minimum absolute atomic E-state index is 0.0743. The summed E-state index contributed by atoms with van der Waals surface area (Å²) in [5, 5.41) is 2.88. The van der Waals surface area contributed by atoms with Crippen molar-refractivity contribution in [1.82, 2.24) is 5.32 Å². The summed E-state index contributed by atoms with van der Waals surface area (Å²) in [6.45, 7) is 9.50. The van der Waals surface area contributed by atoms with Crippen LogP contribution in [0.25, 0.3) is 0 Å². The Bertz CT molecular complexity index is 187. The van der Waals surface area contributed by atoms with Crippen LogP contribution in [0.15, 0.2) is 12.3 Å². The average molecular weight is 155 g/mol. The van der Waals surface area contributed by atoms with Gasteiger partial charge in [0.1, 0.15) is 5.70 Å². The lowest BCUT2D eigenvalue weighted by atomic mass is 9.94. The maximum Gasteiger partial charge on any atom is 0.355 e. The monoisotopic (exact) mass is 155 g/mol. The molecular formula is C8H13NO2. The number of carbonyl (C=O) groups is 1. The summed E-state index contributed by atoms with van der Waals surface area (Å²) in [6.07, 6.45) is -0.234. The van der Waals surface area contributed by atoms with E-state index >= 15 is 0 Å². The van der Waals surface area contributed by atoms with Crippen LogP contribution >= 0.6 is 0 Å². The molecule has 3 heteroatoms. The first-order valence-electron chi connectivity index (χ1n) is 3.57. The Balaban J connectivity index is 2.68. The Labute approximate surface area is 66.4 Å². The second-order valence-corrected chi connectivity index (χ2v) is 3.77. The number of hydrogen-bond donors (Lipinski definition) is 1. The van der Waals surface area contributed by atoms with Gasteiger partial charge < -0.3 is 10.1 Å². The summed E-state index contributed by atoms with van der Waals surface area (Å²) in [7, 11) is 0. The largest absolute Gasteiger partial charge is 0.437 e. The molecular weight excluding hydrogens is 142 g/mol. The van der Waals surface area contributed by atoms with Gasteiger partial charge in [-0.2, -0.15) is 0 Å². The third kappa shape index (κ3) is 1.53. The van der Waals surface area contributed by atoms with E-state index in [-0.39, 0.29) is 17.6 Å². The lowest BCUT2D eigenvalue weighted by molar-refractivity contribution is -0.143. The van der Waals surface area contributed by atoms with Crippen molar-refractivity contribution in [3.63, 3.8) is 0 Å². The quantitative estimate of drug-likeness (QED) is 0.419. The highest BCUT2D eigenvalue weighted by Gasteiger charge is 2.35. The fourth-order valence-electron chi connectivity index (χ4n) is 0.818. The lowest BCUT2D eigenvalue weighted by Gasteiger charge is -2.24. The summed E-state index contributed by atoms with van der Waals surface area (Å²) in [6, 6.07) is 0. The zero-order valence-corrected chi connectivity index (χ0v) is 7.10. The molecule has 62 valence electrons. The third-order valence-electron chi connectivity index (χ3n) is 1.56. The highest BCUT2D eigenvalue weighted by Crippen LogP contribution is 2.25. The molecule has 0 spiro atoms. The van der Waals surface area contributed by atoms with Gasteiger partial charge >= 0.3 is 5.97 Å². The van der Waals surface area contributed by atoms with Gasteiger partial charge in [-0.1, -0.05) is 27.4 Å². The molecule has 1 aliphatic heterocycles. The highest BCUT2D eigenvalue weighted by atomic mass is 16.6. The van der Waals surface area contributed by atoms with Gasteiger partial charge in [0.25, 0.3) is 0 Å².